The topological polar surface area (TPSA) is 59.6 Å². The summed E-state index contributed by atoms with van der Waals surface area (Å²) in [7, 11) is 3.17. The van der Waals surface area contributed by atoms with Crippen LogP contribution in [0.4, 0.5) is 5.69 Å². The molecular formula is C19H24N2O3. The molecule has 1 amide bonds. The van der Waals surface area contributed by atoms with E-state index in [1.165, 1.54) is 0 Å². The van der Waals surface area contributed by atoms with E-state index in [1.54, 1.807) is 14.2 Å². The van der Waals surface area contributed by atoms with Crippen molar-refractivity contribution in [2.75, 3.05) is 26.1 Å². The van der Waals surface area contributed by atoms with Gasteiger partial charge in [0, 0.05) is 17.8 Å². The van der Waals surface area contributed by atoms with Crippen molar-refractivity contribution in [2.45, 2.75) is 19.9 Å². The van der Waals surface area contributed by atoms with Crippen molar-refractivity contribution >= 4 is 11.6 Å². The summed E-state index contributed by atoms with van der Waals surface area (Å²) in [5.74, 6) is 1.18. The highest BCUT2D eigenvalue weighted by atomic mass is 16.5. The fraction of sp³-hybridized carbons (Fsp3) is 0.316. The summed E-state index contributed by atoms with van der Waals surface area (Å²) >= 11 is 0. The summed E-state index contributed by atoms with van der Waals surface area (Å²) in [6, 6.07) is 13.3. The molecule has 0 aliphatic rings. The molecule has 5 nitrogen and oxygen atoms in total. The van der Waals surface area contributed by atoms with Gasteiger partial charge in [-0.15, -0.1) is 0 Å². The van der Waals surface area contributed by atoms with Crippen LogP contribution in [-0.4, -0.2) is 26.7 Å². The van der Waals surface area contributed by atoms with Gasteiger partial charge in [0.15, 0.2) is 0 Å². The van der Waals surface area contributed by atoms with Gasteiger partial charge in [0.2, 0.25) is 5.91 Å². The van der Waals surface area contributed by atoms with Crippen LogP contribution in [0.2, 0.25) is 0 Å². The maximum atomic E-state index is 12.5. The Morgan fingerprint density at radius 2 is 1.67 bits per heavy atom. The quantitative estimate of drug-likeness (QED) is 0.782. The molecule has 0 heterocycles. The maximum Gasteiger partial charge on any atom is 0.229 e. The van der Waals surface area contributed by atoms with Crippen LogP contribution in [0.25, 0.3) is 0 Å². The van der Waals surface area contributed by atoms with E-state index in [1.807, 2.05) is 42.5 Å². The van der Waals surface area contributed by atoms with Gasteiger partial charge in [-0.2, -0.15) is 0 Å². The first-order chi connectivity index (χ1) is 11.7. The molecule has 5 heteroatoms. The smallest absolute Gasteiger partial charge is 0.229 e. The van der Waals surface area contributed by atoms with Crippen molar-refractivity contribution in [3.63, 3.8) is 0 Å². The second-order valence-electron chi connectivity index (χ2n) is 5.30. The molecule has 0 bridgehead atoms. The standard InChI is InChI=1S/C19H24N2O3/c1-4-20-13-14-8-5-6-9-16(14)21-19(22)12-15-17(23-2)10-7-11-18(15)24-3/h5-11,20H,4,12-13H2,1-3H3,(H,21,22). The fourth-order valence-electron chi connectivity index (χ4n) is 2.51. The Hall–Kier alpha value is -2.53. The van der Waals surface area contributed by atoms with Gasteiger partial charge in [-0.25, -0.2) is 0 Å². The Morgan fingerprint density at radius 3 is 2.29 bits per heavy atom. The largest absolute Gasteiger partial charge is 0.496 e. The third kappa shape index (κ3) is 4.49. The molecule has 0 atom stereocenters. The number of carbonyl (C=O) groups is 1. The summed E-state index contributed by atoms with van der Waals surface area (Å²) in [4.78, 5) is 12.5. The molecule has 0 aliphatic heterocycles. The molecule has 0 spiro atoms. The third-order valence-corrected chi connectivity index (χ3v) is 3.72. The van der Waals surface area contributed by atoms with Gasteiger partial charge in [0.1, 0.15) is 11.5 Å². The molecule has 0 saturated heterocycles. The van der Waals surface area contributed by atoms with E-state index in [9.17, 15) is 4.79 Å². The fourth-order valence-corrected chi connectivity index (χ4v) is 2.51. The van der Waals surface area contributed by atoms with Crippen molar-refractivity contribution in [1.82, 2.24) is 5.32 Å². The van der Waals surface area contributed by atoms with Crippen LogP contribution in [0.3, 0.4) is 0 Å². The second kappa shape index (κ2) is 8.93. The first kappa shape index (κ1) is 17.8. The summed E-state index contributed by atoms with van der Waals surface area (Å²) in [6.07, 6.45) is 0.183. The number of para-hydroxylation sites is 1. The van der Waals surface area contributed by atoms with Crippen molar-refractivity contribution in [3.8, 4) is 11.5 Å². The van der Waals surface area contributed by atoms with Gasteiger partial charge in [0.25, 0.3) is 0 Å². The first-order valence-corrected chi connectivity index (χ1v) is 7.98. The maximum absolute atomic E-state index is 12.5. The van der Waals surface area contributed by atoms with Crippen molar-refractivity contribution in [3.05, 3.63) is 53.6 Å². The molecule has 0 aromatic heterocycles. The zero-order valence-electron chi connectivity index (χ0n) is 14.4. The van der Waals surface area contributed by atoms with Crippen molar-refractivity contribution in [1.29, 1.82) is 0 Å². The molecule has 2 aromatic rings. The molecule has 0 unspecified atom stereocenters. The van der Waals surface area contributed by atoms with E-state index in [2.05, 4.69) is 17.6 Å². The highest BCUT2D eigenvalue weighted by Gasteiger charge is 2.15. The van der Waals surface area contributed by atoms with Gasteiger partial charge in [-0.05, 0) is 30.3 Å². The van der Waals surface area contributed by atoms with E-state index in [0.717, 1.165) is 23.4 Å². The van der Waals surface area contributed by atoms with Crippen LogP contribution in [0.15, 0.2) is 42.5 Å². The lowest BCUT2D eigenvalue weighted by atomic mass is 10.1. The predicted octanol–water partition coefficient (Wildman–Crippen LogP) is 2.99. The van der Waals surface area contributed by atoms with Crippen molar-refractivity contribution in [2.24, 2.45) is 0 Å². The Kier molecular flexibility index (Phi) is 6.63. The second-order valence-corrected chi connectivity index (χ2v) is 5.30. The number of hydrogen-bond donors (Lipinski definition) is 2. The normalized spacial score (nSPS) is 10.3. The molecule has 24 heavy (non-hydrogen) atoms. The molecule has 0 saturated carbocycles. The Bertz CT molecular complexity index is 664. The Labute approximate surface area is 143 Å². The number of methoxy groups -OCH3 is 2. The minimum atomic E-state index is -0.109. The van der Waals surface area contributed by atoms with Gasteiger partial charge in [-0.1, -0.05) is 31.2 Å². The number of hydrogen-bond acceptors (Lipinski definition) is 4. The van der Waals surface area contributed by atoms with E-state index in [0.29, 0.717) is 18.0 Å². The van der Waals surface area contributed by atoms with Gasteiger partial charge >= 0.3 is 0 Å². The molecule has 2 N–H and O–H groups in total. The number of anilines is 1. The zero-order chi connectivity index (χ0) is 17.4. The first-order valence-electron chi connectivity index (χ1n) is 7.98. The molecule has 2 rings (SSSR count). The lowest BCUT2D eigenvalue weighted by Crippen LogP contribution is -2.19. The number of benzene rings is 2. The summed E-state index contributed by atoms with van der Waals surface area (Å²) in [5.41, 5.74) is 2.61. The third-order valence-electron chi connectivity index (χ3n) is 3.72. The van der Waals surface area contributed by atoms with E-state index < -0.39 is 0 Å². The number of rotatable bonds is 8. The lowest BCUT2D eigenvalue weighted by molar-refractivity contribution is -0.115. The van der Waals surface area contributed by atoms with Crippen LogP contribution in [0.1, 0.15) is 18.1 Å². The summed E-state index contributed by atoms with van der Waals surface area (Å²) in [6.45, 7) is 3.64. The summed E-state index contributed by atoms with van der Waals surface area (Å²) < 4.78 is 10.7. The molecule has 0 radical (unpaired) electrons. The van der Waals surface area contributed by atoms with Crippen LogP contribution in [-0.2, 0) is 17.8 Å². The average molecular weight is 328 g/mol. The molecule has 0 fully saturated rings. The van der Waals surface area contributed by atoms with Crippen LogP contribution in [0.5, 0.6) is 11.5 Å². The Balaban J connectivity index is 2.15. The number of carbonyl (C=O) groups excluding carboxylic acids is 1. The molecule has 0 aliphatic carbocycles. The molecular weight excluding hydrogens is 304 g/mol. The monoisotopic (exact) mass is 328 g/mol. The van der Waals surface area contributed by atoms with Crippen molar-refractivity contribution < 1.29 is 14.3 Å². The van der Waals surface area contributed by atoms with Gasteiger partial charge < -0.3 is 20.1 Å². The highest BCUT2D eigenvalue weighted by Crippen LogP contribution is 2.29. The van der Waals surface area contributed by atoms with E-state index in [4.69, 9.17) is 9.47 Å². The van der Waals surface area contributed by atoms with E-state index in [-0.39, 0.29) is 12.3 Å². The lowest BCUT2D eigenvalue weighted by Gasteiger charge is -2.14. The van der Waals surface area contributed by atoms with Crippen LogP contribution >= 0.6 is 0 Å². The number of amides is 1. The predicted molar refractivity (Wildman–Crippen MR) is 95.7 cm³/mol. The Morgan fingerprint density at radius 1 is 1.00 bits per heavy atom. The minimum Gasteiger partial charge on any atom is -0.496 e. The van der Waals surface area contributed by atoms with Crippen LogP contribution < -0.4 is 20.1 Å². The van der Waals surface area contributed by atoms with Gasteiger partial charge in [-0.3, -0.25) is 4.79 Å². The molecule has 128 valence electrons. The number of ether oxygens (including phenoxy) is 2. The average Bonchev–Trinajstić information content (AvgIpc) is 2.61. The SMILES string of the molecule is CCNCc1ccccc1NC(=O)Cc1c(OC)cccc1OC. The van der Waals surface area contributed by atoms with Crippen LogP contribution in [0, 0.1) is 0 Å². The van der Waals surface area contributed by atoms with Gasteiger partial charge in [0.05, 0.1) is 20.6 Å². The highest BCUT2D eigenvalue weighted by molar-refractivity contribution is 5.93. The zero-order valence-corrected chi connectivity index (χ0v) is 14.4. The van der Waals surface area contributed by atoms with E-state index >= 15 is 0 Å². The minimum absolute atomic E-state index is 0.109. The summed E-state index contributed by atoms with van der Waals surface area (Å²) in [5, 5.41) is 6.25. The molecule has 2 aromatic carbocycles. The number of nitrogens with one attached hydrogen (secondary N) is 2.